The summed E-state index contributed by atoms with van der Waals surface area (Å²) in [6, 6.07) is 6.91. The third kappa shape index (κ3) is 4.00. The van der Waals surface area contributed by atoms with Gasteiger partial charge in [0.15, 0.2) is 6.61 Å². The van der Waals surface area contributed by atoms with Gasteiger partial charge in [-0.1, -0.05) is 12.1 Å². The summed E-state index contributed by atoms with van der Waals surface area (Å²) >= 11 is 0. The van der Waals surface area contributed by atoms with Crippen molar-refractivity contribution in [2.24, 2.45) is 0 Å². The number of carbonyl (C=O) groups excluding carboxylic acids is 2. The first-order valence-electron chi connectivity index (χ1n) is 7.57. The molecule has 0 atom stereocenters. The van der Waals surface area contributed by atoms with Gasteiger partial charge in [-0.25, -0.2) is 4.79 Å². The Kier molecular flexibility index (Phi) is 5.49. The summed E-state index contributed by atoms with van der Waals surface area (Å²) < 4.78 is 6.94. The van der Waals surface area contributed by atoms with E-state index in [0.29, 0.717) is 12.1 Å². The minimum Gasteiger partial charge on any atom is -0.454 e. The van der Waals surface area contributed by atoms with Crippen LogP contribution in [0.4, 0.5) is 5.69 Å². The molecular formula is C18H18N2O5. The van der Waals surface area contributed by atoms with Crippen LogP contribution in [0.2, 0.25) is 0 Å². The van der Waals surface area contributed by atoms with Gasteiger partial charge < -0.3 is 9.30 Å². The number of aromatic nitrogens is 1. The predicted octanol–water partition coefficient (Wildman–Crippen LogP) is 3.24. The van der Waals surface area contributed by atoms with Crippen LogP contribution in [-0.4, -0.2) is 27.8 Å². The van der Waals surface area contributed by atoms with Crippen molar-refractivity contribution in [3.8, 4) is 0 Å². The zero-order valence-electron chi connectivity index (χ0n) is 14.0. The second-order valence-electron chi connectivity index (χ2n) is 5.49. The smallest absolute Gasteiger partial charge is 0.338 e. The summed E-state index contributed by atoms with van der Waals surface area (Å²) in [5.41, 5.74) is 1.97. The maximum Gasteiger partial charge on any atom is 0.338 e. The average molecular weight is 342 g/mol. The number of benzene rings is 1. The normalized spacial score (nSPS) is 10.3. The second kappa shape index (κ2) is 7.57. The summed E-state index contributed by atoms with van der Waals surface area (Å²) in [7, 11) is 0. The molecule has 0 N–H and O–H groups in total. The van der Waals surface area contributed by atoms with E-state index in [4.69, 9.17) is 4.74 Å². The molecule has 25 heavy (non-hydrogen) atoms. The van der Waals surface area contributed by atoms with E-state index in [1.165, 1.54) is 18.2 Å². The maximum atomic E-state index is 12.3. The molecule has 130 valence electrons. The highest BCUT2D eigenvalue weighted by atomic mass is 16.6. The van der Waals surface area contributed by atoms with Crippen molar-refractivity contribution in [1.82, 2.24) is 4.57 Å². The van der Waals surface area contributed by atoms with Crippen molar-refractivity contribution in [2.45, 2.75) is 20.4 Å². The van der Waals surface area contributed by atoms with Crippen molar-refractivity contribution in [2.75, 3.05) is 6.61 Å². The van der Waals surface area contributed by atoms with E-state index in [9.17, 15) is 19.7 Å². The van der Waals surface area contributed by atoms with Crippen molar-refractivity contribution in [1.29, 1.82) is 0 Å². The van der Waals surface area contributed by atoms with Crippen LogP contribution >= 0.6 is 0 Å². The Hall–Kier alpha value is -3.22. The van der Waals surface area contributed by atoms with Gasteiger partial charge in [-0.05, 0) is 26.0 Å². The molecule has 0 saturated carbocycles. The van der Waals surface area contributed by atoms with E-state index >= 15 is 0 Å². The summed E-state index contributed by atoms with van der Waals surface area (Å²) in [6.45, 7) is 7.52. The van der Waals surface area contributed by atoms with Crippen molar-refractivity contribution >= 4 is 17.4 Å². The van der Waals surface area contributed by atoms with Crippen LogP contribution in [0, 0.1) is 24.0 Å². The van der Waals surface area contributed by atoms with E-state index in [0.717, 1.165) is 17.5 Å². The number of aryl methyl sites for hydroxylation is 1. The highest BCUT2D eigenvalue weighted by Crippen LogP contribution is 2.17. The third-order valence-electron chi connectivity index (χ3n) is 3.81. The molecule has 7 nitrogen and oxygen atoms in total. The molecule has 1 aromatic carbocycles. The standard InChI is InChI=1S/C18H18N2O5/c1-4-8-19-12(2)9-16(13(19)3)17(21)11-25-18(22)14-6-5-7-15(10-14)20(23)24/h4-7,9-10H,1,8,11H2,2-3H3. The number of Topliss-reactive ketones (excluding diaryl/α,β-unsaturated/α-hetero) is 1. The van der Waals surface area contributed by atoms with Crippen LogP contribution in [0.25, 0.3) is 0 Å². The quantitative estimate of drug-likeness (QED) is 0.253. The molecule has 0 aliphatic carbocycles. The Morgan fingerprint density at radius 3 is 2.68 bits per heavy atom. The van der Waals surface area contributed by atoms with Crippen LogP contribution in [0.5, 0.6) is 0 Å². The number of carbonyl (C=O) groups is 2. The van der Waals surface area contributed by atoms with E-state index < -0.39 is 17.5 Å². The third-order valence-corrected chi connectivity index (χ3v) is 3.81. The molecular weight excluding hydrogens is 324 g/mol. The summed E-state index contributed by atoms with van der Waals surface area (Å²) in [5.74, 6) is -1.11. The van der Waals surface area contributed by atoms with E-state index in [1.54, 1.807) is 12.1 Å². The SMILES string of the molecule is C=CCn1c(C)cc(C(=O)COC(=O)c2cccc([N+](=O)[O-])c2)c1C. The fraction of sp³-hybridized carbons (Fsp3) is 0.222. The minimum atomic E-state index is -0.781. The van der Waals surface area contributed by atoms with Gasteiger partial charge in [0.25, 0.3) is 5.69 Å². The number of rotatable bonds is 7. The number of ether oxygens (including phenoxy) is 1. The van der Waals surface area contributed by atoms with Crippen LogP contribution in [0.1, 0.15) is 32.1 Å². The topological polar surface area (TPSA) is 91.4 Å². The molecule has 0 fully saturated rings. The highest BCUT2D eigenvalue weighted by molar-refractivity contribution is 6.00. The summed E-state index contributed by atoms with van der Waals surface area (Å²) in [4.78, 5) is 34.5. The number of hydrogen-bond donors (Lipinski definition) is 0. The zero-order valence-corrected chi connectivity index (χ0v) is 14.0. The Morgan fingerprint density at radius 2 is 2.04 bits per heavy atom. The Balaban J connectivity index is 2.08. The van der Waals surface area contributed by atoms with Gasteiger partial charge in [0.2, 0.25) is 5.78 Å². The Bertz CT molecular complexity index is 851. The van der Waals surface area contributed by atoms with E-state index in [-0.39, 0.29) is 17.0 Å². The molecule has 7 heteroatoms. The van der Waals surface area contributed by atoms with Crippen LogP contribution in [0.15, 0.2) is 43.0 Å². The predicted molar refractivity (Wildman–Crippen MR) is 91.8 cm³/mol. The molecule has 1 aromatic heterocycles. The largest absolute Gasteiger partial charge is 0.454 e. The summed E-state index contributed by atoms with van der Waals surface area (Å²) in [5, 5.41) is 10.7. The number of allylic oxidation sites excluding steroid dienone is 1. The number of esters is 1. The lowest BCUT2D eigenvalue weighted by atomic mass is 10.1. The molecule has 0 amide bonds. The molecule has 2 aromatic rings. The number of nitro groups is 1. The van der Waals surface area contributed by atoms with Crippen molar-refractivity contribution < 1.29 is 19.2 Å². The first kappa shape index (κ1) is 18.1. The fourth-order valence-corrected chi connectivity index (χ4v) is 2.53. The van der Waals surface area contributed by atoms with Crippen molar-refractivity contribution in [3.63, 3.8) is 0 Å². The average Bonchev–Trinajstić information content (AvgIpc) is 2.88. The van der Waals surface area contributed by atoms with Gasteiger partial charge in [0.05, 0.1) is 10.5 Å². The molecule has 2 rings (SSSR count). The first-order chi connectivity index (χ1) is 11.8. The fourth-order valence-electron chi connectivity index (χ4n) is 2.53. The molecule has 1 heterocycles. The molecule has 0 saturated heterocycles. The molecule has 0 spiro atoms. The van der Waals surface area contributed by atoms with Gasteiger partial charge in [-0.2, -0.15) is 0 Å². The molecule has 0 aliphatic rings. The van der Waals surface area contributed by atoms with E-state index in [2.05, 4.69) is 6.58 Å². The van der Waals surface area contributed by atoms with Gasteiger partial charge >= 0.3 is 5.97 Å². The molecule has 0 bridgehead atoms. The zero-order chi connectivity index (χ0) is 18.6. The lowest BCUT2D eigenvalue weighted by Gasteiger charge is -2.07. The Labute approximate surface area is 144 Å². The lowest BCUT2D eigenvalue weighted by Crippen LogP contribution is -2.15. The first-order valence-corrected chi connectivity index (χ1v) is 7.57. The van der Waals surface area contributed by atoms with Gasteiger partial charge in [-0.15, -0.1) is 6.58 Å². The second-order valence-corrected chi connectivity index (χ2v) is 5.49. The number of non-ortho nitro benzene ring substituents is 1. The lowest BCUT2D eigenvalue weighted by molar-refractivity contribution is -0.384. The highest BCUT2D eigenvalue weighted by Gasteiger charge is 2.18. The van der Waals surface area contributed by atoms with Gasteiger partial charge in [0, 0.05) is 35.6 Å². The number of hydrogen-bond acceptors (Lipinski definition) is 5. The minimum absolute atomic E-state index is 0.0270. The van der Waals surface area contributed by atoms with Gasteiger partial charge in [0.1, 0.15) is 0 Å². The van der Waals surface area contributed by atoms with Crippen LogP contribution in [0.3, 0.4) is 0 Å². The number of nitro benzene ring substituents is 1. The van der Waals surface area contributed by atoms with Gasteiger partial charge in [-0.3, -0.25) is 14.9 Å². The number of nitrogens with zero attached hydrogens (tertiary/aromatic N) is 2. The van der Waals surface area contributed by atoms with Crippen LogP contribution in [-0.2, 0) is 11.3 Å². The van der Waals surface area contributed by atoms with Crippen LogP contribution < -0.4 is 0 Å². The Morgan fingerprint density at radius 1 is 1.32 bits per heavy atom. The van der Waals surface area contributed by atoms with E-state index in [1.807, 2.05) is 18.4 Å². The molecule has 0 unspecified atom stereocenters. The number of ketones is 1. The molecule has 0 radical (unpaired) electrons. The summed E-state index contributed by atoms with van der Waals surface area (Å²) in [6.07, 6.45) is 1.73. The molecule has 0 aliphatic heterocycles. The van der Waals surface area contributed by atoms with Crippen molar-refractivity contribution in [3.05, 3.63) is 75.6 Å². The maximum absolute atomic E-state index is 12.3. The monoisotopic (exact) mass is 342 g/mol.